The topological polar surface area (TPSA) is 86.7 Å². The van der Waals surface area contributed by atoms with Gasteiger partial charge in [0.1, 0.15) is 0 Å². The molecule has 1 aliphatic rings. The van der Waals surface area contributed by atoms with Crippen molar-refractivity contribution >= 4 is 16.1 Å². The molecule has 0 unspecified atom stereocenters. The van der Waals surface area contributed by atoms with Crippen LogP contribution in [0.15, 0.2) is 0 Å². The van der Waals surface area contributed by atoms with Crippen LogP contribution >= 0.6 is 0 Å². The van der Waals surface area contributed by atoms with E-state index in [0.29, 0.717) is 13.0 Å². The summed E-state index contributed by atoms with van der Waals surface area (Å²) in [5, 5.41) is 8.70. The Bertz CT molecular complexity index is 327. The van der Waals surface area contributed by atoms with Gasteiger partial charge in [-0.1, -0.05) is 0 Å². The van der Waals surface area contributed by atoms with E-state index in [0.717, 1.165) is 6.26 Å². The second-order valence-electron chi connectivity index (χ2n) is 3.51. The summed E-state index contributed by atoms with van der Waals surface area (Å²) in [7, 11) is -3.26. The van der Waals surface area contributed by atoms with Crippen molar-refractivity contribution in [1.82, 2.24) is 9.62 Å². The van der Waals surface area contributed by atoms with Gasteiger partial charge in [0.2, 0.25) is 10.0 Å². The molecule has 0 saturated carbocycles. The summed E-state index contributed by atoms with van der Waals surface area (Å²) in [6.45, 7) is 2.15. The highest BCUT2D eigenvalue weighted by atomic mass is 32.2. The Balaban J connectivity index is 2.54. The standard InChI is InChI=1S/C7H14N2O4S/c1-5(8-14(2,12)13)6-3-4-9(6)7(10)11/h5-6,8H,3-4H2,1-2H3,(H,10,11)/t5-,6-/m0/s1. The van der Waals surface area contributed by atoms with Crippen LogP contribution in [-0.4, -0.2) is 49.4 Å². The Hall–Kier alpha value is -0.820. The first kappa shape index (κ1) is 11.3. The monoisotopic (exact) mass is 222 g/mol. The first-order chi connectivity index (χ1) is 6.31. The molecule has 0 aromatic carbocycles. The lowest BCUT2D eigenvalue weighted by Crippen LogP contribution is -2.59. The Kier molecular flexibility index (Phi) is 3.01. The van der Waals surface area contributed by atoms with Crippen LogP contribution in [-0.2, 0) is 10.0 Å². The van der Waals surface area contributed by atoms with Crippen LogP contribution in [0.1, 0.15) is 13.3 Å². The molecule has 1 fully saturated rings. The first-order valence-electron chi connectivity index (χ1n) is 4.28. The second kappa shape index (κ2) is 3.74. The fraction of sp³-hybridized carbons (Fsp3) is 0.857. The van der Waals surface area contributed by atoms with Crippen LogP contribution in [0.4, 0.5) is 4.79 Å². The maximum atomic E-state index is 10.9. The Morgan fingerprint density at radius 2 is 2.21 bits per heavy atom. The third-order valence-electron chi connectivity index (χ3n) is 2.29. The van der Waals surface area contributed by atoms with Crippen LogP contribution in [0.2, 0.25) is 0 Å². The zero-order chi connectivity index (χ0) is 10.9. The van der Waals surface area contributed by atoms with Crippen LogP contribution in [0.25, 0.3) is 0 Å². The van der Waals surface area contributed by atoms with E-state index in [9.17, 15) is 13.2 Å². The maximum Gasteiger partial charge on any atom is 0.407 e. The smallest absolute Gasteiger partial charge is 0.407 e. The fourth-order valence-corrected chi connectivity index (χ4v) is 2.41. The van der Waals surface area contributed by atoms with Crippen molar-refractivity contribution in [2.24, 2.45) is 0 Å². The SMILES string of the molecule is C[C@H](NS(C)(=O)=O)[C@@H]1CCN1C(=O)O. The summed E-state index contributed by atoms with van der Waals surface area (Å²) in [4.78, 5) is 11.8. The molecule has 1 rings (SSSR count). The third kappa shape index (κ3) is 2.58. The molecular formula is C7H14N2O4S. The third-order valence-corrected chi connectivity index (χ3v) is 3.09. The van der Waals surface area contributed by atoms with Gasteiger partial charge in [0.05, 0.1) is 12.3 Å². The van der Waals surface area contributed by atoms with Gasteiger partial charge in [-0.25, -0.2) is 17.9 Å². The Morgan fingerprint density at radius 3 is 2.50 bits per heavy atom. The summed E-state index contributed by atoms with van der Waals surface area (Å²) in [5.41, 5.74) is 0. The average Bonchev–Trinajstić information content (AvgIpc) is 1.75. The summed E-state index contributed by atoms with van der Waals surface area (Å²) in [6.07, 6.45) is 0.770. The summed E-state index contributed by atoms with van der Waals surface area (Å²) >= 11 is 0. The van der Waals surface area contributed by atoms with Crippen molar-refractivity contribution in [3.63, 3.8) is 0 Å². The molecule has 2 atom stereocenters. The van der Waals surface area contributed by atoms with Crippen molar-refractivity contribution < 1.29 is 18.3 Å². The van der Waals surface area contributed by atoms with Gasteiger partial charge in [-0.15, -0.1) is 0 Å². The Labute approximate surface area is 82.9 Å². The predicted molar refractivity (Wildman–Crippen MR) is 50.6 cm³/mol. The van der Waals surface area contributed by atoms with Crippen LogP contribution < -0.4 is 4.72 Å². The molecule has 1 aliphatic heterocycles. The van der Waals surface area contributed by atoms with Crippen molar-refractivity contribution in [3.05, 3.63) is 0 Å². The van der Waals surface area contributed by atoms with E-state index >= 15 is 0 Å². The fourth-order valence-electron chi connectivity index (χ4n) is 1.58. The highest BCUT2D eigenvalue weighted by molar-refractivity contribution is 7.88. The number of amides is 1. The molecule has 82 valence electrons. The molecule has 0 bridgehead atoms. The number of hydrogen-bond acceptors (Lipinski definition) is 3. The van der Waals surface area contributed by atoms with Crippen molar-refractivity contribution in [3.8, 4) is 0 Å². The van der Waals surface area contributed by atoms with E-state index in [4.69, 9.17) is 5.11 Å². The van der Waals surface area contributed by atoms with E-state index in [-0.39, 0.29) is 12.1 Å². The summed E-state index contributed by atoms with van der Waals surface area (Å²) in [6, 6.07) is -0.600. The van der Waals surface area contributed by atoms with Gasteiger partial charge in [0.15, 0.2) is 0 Å². The zero-order valence-electron chi connectivity index (χ0n) is 8.10. The number of sulfonamides is 1. The van der Waals surface area contributed by atoms with Gasteiger partial charge in [-0.3, -0.25) is 0 Å². The molecule has 14 heavy (non-hydrogen) atoms. The molecule has 1 amide bonds. The van der Waals surface area contributed by atoms with Gasteiger partial charge in [-0.2, -0.15) is 0 Å². The van der Waals surface area contributed by atoms with Gasteiger partial charge >= 0.3 is 6.09 Å². The Morgan fingerprint density at radius 1 is 1.64 bits per heavy atom. The number of carboxylic acid groups (broad SMARTS) is 1. The molecule has 0 spiro atoms. The molecule has 0 aliphatic carbocycles. The van der Waals surface area contributed by atoms with Gasteiger partial charge in [0.25, 0.3) is 0 Å². The minimum Gasteiger partial charge on any atom is -0.465 e. The van der Waals surface area contributed by atoms with Gasteiger partial charge < -0.3 is 10.0 Å². The first-order valence-corrected chi connectivity index (χ1v) is 6.17. The van der Waals surface area contributed by atoms with E-state index in [1.165, 1.54) is 4.90 Å². The van der Waals surface area contributed by atoms with E-state index in [1.807, 2.05) is 0 Å². The van der Waals surface area contributed by atoms with Crippen molar-refractivity contribution in [2.45, 2.75) is 25.4 Å². The highest BCUT2D eigenvalue weighted by Gasteiger charge is 2.36. The largest absolute Gasteiger partial charge is 0.465 e. The maximum absolute atomic E-state index is 10.9. The molecule has 0 aromatic rings. The quantitative estimate of drug-likeness (QED) is 0.685. The lowest BCUT2D eigenvalue weighted by atomic mass is 9.98. The van der Waals surface area contributed by atoms with Crippen LogP contribution in [0.5, 0.6) is 0 Å². The molecule has 1 heterocycles. The molecule has 7 heteroatoms. The number of likely N-dealkylation sites (tertiary alicyclic amines) is 1. The second-order valence-corrected chi connectivity index (χ2v) is 5.29. The average molecular weight is 222 g/mol. The lowest BCUT2D eigenvalue weighted by molar-refractivity contribution is 0.0632. The van der Waals surface area contributed by atoms with Crippen LogP contribution in [0, 0.1) is 0 Å². The molecule has 0 radical (unpaired) electrons. The van der Waals surface area contributed by atoms with Gasteiger partial charge in [0, 0.05) is 12.6 Å². The minimum absolute atomic E-state index is 0.234. The highest BCUT2D eigenvalue weighted by Crippen LogP contribution is 2.20. The molecule has 0 aromatic heterocycles. The normalized spacial score (nSPS) is 24.1. The van der Waals surface area contributed by atoms with Crippen LogP contribution in [0.3, 0.4) is 0 Å². The molecule has 6 nitrogen and oxygen atoms in total. The number of carbonyl (C=O) groups is 1. The minimum atomic E-state index is -3.26. The molecule has 2 N–H and O–H groups in total. The summed E-state index contributed by atoms with van der Waals surface area (Å²) in [5.74, 6) is 0. The molecule has 1 saturated heterocycles. The number of nitrogens with zero attached hydrogens (tertiary/aromatic N) is 1. The molecular weight excluding hydrogens is 208 g/mol. The van der Waals surface area contributed by atoms with Crippen molar-refractivity contribution in [2.75, 3.05) is 12.8 Å². The van der Waals surface area contributed by atoms with E-state index in [2.05, 4.69) is 4.72 Å². The number of nitrogens with one attached hydrogen (secondary N) is 1. The van der Waals surface area contributed by atoms with Gasteiger partial charge in [-0.05, 0) is 13.3 Å². The zero-order valence-corrected chi connectivity index (χ0v) is 8.91. The summed E-state index contributed by atoms with van der Waals surface area (Å²) < 4.78 is 24.1. The number of rotatable bonds is 3. The number of hydrogen-bond donors (Lipinski definition) is 2. The predicted octanol–water partition coefficient (Wildman–Crippen LogP) is -0.324. The van der Waals surface area contributed by atoms with E-state index in [1.54, 1.807) is 6.92 Å². The van der Waals surface area contributed by atoms with Crippen molar-refractivity contribution in [1.29, 1.82) is 0 Å². The van der Waals surface area contributed by atoms with E-state index < -0.39 is 16.1 Å². The lowest BCUT2D eigenvalue weighted by Gasteiger charge is -2.42.